The van der Waals surface area contributed by atoms with Gasteiger partial charge < -0.3 is 5.32 Å². The van der Waals surface area contributed by atoms with Crippen LogP contribution in [0.4, 0.5) is 18.9 Å². The van der Waals surface area contributed by atoms with E-state index in [-0.39, 0.29) is 11.7 Å². The molecule has 1 amide bonds. The third-order valence-electron chi connectivity index (χ3n) is 2.90. The van der Waals surface area contributed by atoms with Crippen molar-refractivity contribution in [3.05, 3.63) is 63.6 Å². The molecule has 0 aliphatic heterocycles. The van der Waals surface area contributed by atoms with E-state index in [9.17, 15) is 18.0 Å². The lowest BCUT2D eigenvalue weighted by molar-refractivity contribution is -0.137. The molecular weight excluding hydrogens is 382 g/mol. The molecule has 0 aliphatic carbocycles. The van der Waals surface area contributed by atoms with Crippen molar-refractivity contribution in [1.29, 1.82) is 0 Å². The first-order valence-electron chi connectivity index (χ1n) is 6.74. The molecule has 0 spiro atoms. The molecule has 24 heavy (non-hydrogen) atoms. The zero-order chi connectivity index (χ0) is 17.7. The maximum absolute atomic E-state index is 12.6. The molecular formula is C16H12Cl2F3NOS. The number of benzene rings is 2. The van der Waals surface area contributed by atoms with E-state index in [4.69, 9.17) is 23.2 Å². The second-order valence-corrected chi connectivity index (χ2v) is 6.76. The predicted molar refractivity (Wildman–Crippen MR) is 92.7 cm³/mol. The van der Waals surface area contributed by atoms with Crippen molar-refractivity contribution in [2.45, 2.75) is 11.9 Å². The number of hydrogen-bond donors (Lipinski definition) is 1. The number of nitrogens with one attached hydrogen (secondary N) is 1. The molecule has 8 heteroatoms. The van der Waals surface area contributed by atoms with E-state index in [1.54, 1.807) is 24.3 Å². The van der Waals surface area contributed by atoms with E-state index in [0.717, 1.165) is 12.1 Å². The minimum Gasteiger partial charge on any atom is -0.325 e. The largest absolute Gasteiger partial charge is 0.416 e. The van der Waals surface area contributed by atoms with Crippen LogP contribution in [0.15, 0.2) is 42.5 Å². The number of hydrogen-bond acceptors (Lipinski definition) is 2. The van der Waals surface area contributed by atoms with E-state index >= 15 is 0 Å². The van der Waals surface area contributed by atoms with E-state index in [1.807, 2.05) is 0 Å². The van der Waals surface area contributed by atoms with Crippen molar-refractivity contribution >= 4 is 46.6 Å². The van der Waals surface area contributed by atoms with Gasteiger partial charge in [-0.2, -0.15) is 13.2 Å². The third kappa shape index (κ3) is 5.92. The zero-order valence-corrected chi connectivity index (χ0v) is 14.5. The maximum Gasteiger partial charge on any atom is 0.416 e. The number of halogens is 5. The van der Waals surface area contributed by atoms with Gasteiger partial charge in [0.15, 0.2) is 0 Å². The minimum atomic E-state index is -4.37. The van der Waals surface area contributed by atoms with Gasteiger partial charge in [0.05, 0.1) is 11.3 Å². The standard InChI is InChI=1S/C16H12Cl2F3NOS/c17-12-5-13(18)7-14(6-12)22-15(23)9-24-8-10-2-1-3-11(4-10)16(19,20)21/h1-7H,8-9H2,(H,22,23). The highest BCUT2D eigenvalue weighted by Gasteiger charge is 2.30. The highest BCUT2D eigenvalue weighted by atomic mass is 35.5. The molecule has 2 aromatic carbocycles. The number of thioether (sulfide) groups is 1. The van der Waals surface area contributed by atoms with Crippen LogP contribution in [0.2, 0.25) is 10.0 Å². The van der Waals surface area contributed by atoms with Crippen molar-refractivity contribution in [3.8, 4) is 0 Å². The average Bonchev–Trinajstić information content (AvgIpc) is 2.45. The highest BCUT2D eigenvalue weighted by molar-refractivity contribution is 7.99. The lowest BCUT2D eigenvalue weighted by Gasteiger charge is -2.09. The fraction of sp³-hybridized carbons (Fsp3) is 0.188. The van der Waals surface area contributed by atoms with Crippen LogP contribution in [0.25, 0.3) is 0 Å². The maximum atomic E-state index is 12.6. The molecule has 0 heterocycles. The topological polar surface area (TPSA) is 29.1 Å². The molecule has 0 atom stereocenters. The van der Waals surface area contributed by atoms with Crippen molar-refractivity contribution in [1.82, 2.24) is 0 Å². The minimum absolute atomic E-state index is 0.0976. The van der Waals surface area contributed by atoms with Gasteiger partial charge in [0, 0.05) is 21.5 Å². The fourth-order valence-electron chi connectivity index (χ4n) is 1.92. The molecule has 0 unspecified atom stereocenters. The van der Waals surface area contributed by atoms with E-state index in [2.05, 4.69) is 5.32 Å². The van der Waals surface area contributed by atoms with E-state index in [1.165, 1.54) is 17.8 Å². The number of carbonyl (C=O) groups is 1. The normalized spacial score (nSPS) is 11.4. The molecule has 0 aromatic heterocycles. The molecule has 1 N–H and O–H groups in total. The summed E-state index contributed by atoms with van der Waals surface area (Å²) in [5.74, 6) is 0.110. The van der Waals surface area contributed by atoms with Gasteiger partial charge in [0.2, 0.25) is 5.91 Å². The Morgan fingerprint density at radius 3 is 2.38 bits per heavy atom. The molecule has 0 radical (unpaired) electrons. The van der Waals surface area contributed by atoms with Crippen molar-refractivity contribution < 1.29 is 18.0 Å². The first-order chi connectivity index (χ1) is 11.2. The number of carbonyl (C=O) groups excluding carboxylic acids is 1. The van der Waals surface area contributed by atoms with Crippen LogP contribution in [0, 0.1) is 0 Å². The molecule has 0 saturated heterocycles. The molecule has 0 saturated carbocycles. The Balaban J connectivity index is 1.86. The average molecular weight is 394 g/mol. The van der Waals surface area contributed by atoms with Crippen LogP contribution in [0.5, 0.6) is 0 Å². The van der Waals surface area contributed by atoms with Gasteiger partial charge in [-0.25, -0.2) is 0 Å². The number of anilines is 1. The molecule has 2 rings (SSSR count). The van der Waals surface area contributed by atoms with E-state index in [0.29, 0.717) is 27.0 Å². The number of alkyl halides is 3. The lowest BCUT2D eigenvalue weighted by atomic mass is 10.1. The summed E-state index contributed by atoms with van der Waals surface area (Å²) in [7, 11) is 0. The van der Waals surface area contributed by atoms with Gasteiger partial charge in [-0.1, -0.05) is 41.4 Å². The molecule has 128 valence electrons. The Labute approximate surface area is 151 Å². The Kier molecular flexibility index (Phi) is 6.43. The summed E-state index contributed by atoms with van der Waals surface area (Å²) in [6.07, 6.45) is -4.37. The van der Waals surface area contributed by atoms with Crippen LogP contribution >= 0.6 is 35.0 Å². The van der Waals surface area contributed by atoms with Gasteiger partial charge in [0.1, 0.15) is 0 Å². The van der Waals surface area contributed by atoms with Crippen molar-refractivity contribution in [3.63, 3.8) is 0 Å². The Morgan fingerprint density at radius 2 is 1.75 bits per heavy atom. The molecule has 0 bridgehead atoms. The first-order valence-corrected chi connectivity index (χ1v) is 8.65. The monoisotopic (exact) mass is 393 g/mol. The van der Waals surface area contributed by atoms with Crippen LogP contribution in [0.1, 0.15) is 11.1 Å². The Hall–Kier alpha value is -1.37. The summed E-state index contributed by atoms with van der Waals surface area (Å²) in [6.45, 7) is 0. The van der Waals surface area contributed by atoms with E-state index < -0.39 is 11.7 Å². The summed E-state index contributed by atoms with van der Waals surface area (Å²) in [5, 5.41) is 3.43. The van der Waals surface area contributed by atoms with Gasteiger partial charge in [-0.3, -0.25) is 4.79 Å². The summed E-state index contributed by atoms with van der Waals surface area (Å²) < 4.78 is 37.9. The lowest BCUT2D eigenvalue weighted by Crippen LogP contribution is -2.14. The van der Waals surface area contributed by atoms with Gasteiger partial charge in [-0.05, 0) is 29.8 Å². The summed E-state index contributed by atoms with van der Waals surface area (Å²) in [6, 6.07) is 9.71. The smallest absolute Gasteiger partial charge is 0.325 e. The highest BCUT2D eigenvalue weighted by Crippen LogP contribution is 2.30. The molecule has 2 nitrogen and oxygen atoms in total. The van der Waals surface area contributed by atoms with Crippen molar-refractivity contribution in [2.24, 2.45) is 0 Å². The summed E-state index contributed by atoms with van der Waals surface area (Å²) >= 11 is 12.9. The summed E-state index contributed by atoms with van der Waals surface area (Å²) in [4.78, 5) is 11.9. The first kappa shape index (κ1) is 19.0. The van der Waals surface area contributed by atoms with Crippen LogP contribution in [-0.4, -0.2) is 11.7 Å². The Bertz CT molecular complexity index is 717. The van der Waals surface area contributed by atoms with Crippen LogP contribution in [-0.2, 0) is 16.7 Å². The third-order valence-corrected chi connectivity index (χ3v) is 4.34. The number of rotatable bonds is 5. The second-order valence-electron chi connectivity index (χ2n) is 4.90. The zero-order valence-electron chi connectivity index (χ0n) is 12.2. The number of amides is 1. The fourth-order valence-corrected chi connectivity index (χ4v) is 3.22. The van der Waals surface area contributed by atoms with Crippen LogP contribution < -0.4 is 5.32 Å². The molecule has 2 aromatic rings. The summed E-state index contributed by atoms with van der Waals surface area (Å²) in [5.41, 5.74) is 0.282. The SMILES string of the molecule is O=C(CSCc1cccc(C(F)(F)F)c1)Nc1cc(Cl)cc(Cl)c1. The Morgan fingerprint density at radius 1 is 1.08 bits per heavy atom. The van der Waals surface area contributed by atoms with Crippen LogP contribution in [0.3, 0.4) is 0 Å². The van der Waals surface area contributed by atoms with Gasteiger partial charge in [0.25, 0.3) is 0 Å². The second kappa shape index (κ2) is 8.14. The van der Waals surface area contributed by atoms with Gasteiger partial charge in [-0.15, -0.1) is 11.8 Å². The predicted octanol–water partition coefficient (Wildman–Crippen LogP) is 5.88. The van der Waals surface area contributed by atoms with Crippen molar-refractivity contribution in [2.75, 3.05) is 11.1 Å². The van der Waals surface area contributed by atoms with Gasteiger partial charge >= 0.3 is 6.18 Å². The quantitative estimate of drug-likeness (QED) is 0.686. The molecule has 0 fully saturated rings. The molecule has 0 aliphatic rings.